The molecule has 3 rings (SSSR count). The number of nitrogens with one attached hydrogen (secondary N) is 1. The fourth-order valence-corrected chi connectivity index (χ4v) is 2.14. The Hall–Kier alpha value is -2.19. The van der Waals surface area contributed by atoms with Crippen molar-refractivity contribution in [3.05, 3.63) is 53.4 Å². The van der Waals surface area contributed by atoms with Crippen LogP contribution >= 0.6 is 0 Å². The lowest BCUT2D eigenvalue weighted by molar-refractivity contribution is 0.623. The molecule has 0 aliphatic heterocycles. The highest BCUT2D eigenvalue weighted by atomic mass is 19.1. The van der Waals surface area contributed by atoms with Crippen LogP contribution in [0.15, 0.2) is 30.7 Å². The molecule has 0 radical (unpaired) electrons. The molecule has 1 aromatic heterocycles. The summed E-state index contributed by atoms with van der Waals surface area (Å²) in [5.74, 6) is -0.380. The van der Waals surface area contributed by atoms with E-state index in [-0.39, 0.29) is 5.82 Å². The van der Waals surface area contributed by atoms with Crippen molar-refractivity contribution in [2.45, 2.75) is 32.0 Å². The maximum Gasteiger partial charge on any atom is 0.124 e. The van der Waals surface area contributed by atoms with Crippen LogP contribution in [-0.2, 0) is 13.1 Å². The second-order valence-corrected chi connectivity index (χ2v) is 5.15. The Morgan fingerprint density at radius 2 is 2.25 bits per heavy atom. The van der Waals surface area contributed by atoms with E-state index in [1.54, 1.807) is 12.4 Å². The number of hydrogen-bond donors (Lipinski definition) is 1. The summed E-state index contributed by atoms with van der Waals surface area (Å²) in [6, 6.07) is 7.00. The van der Waals surface area contributed by atoms with Gasteiger partial charge >= 0.3 is 0 Å². The molecule has 0 amide bonds. The predicted molar refractivity (Wildman–Crippen MR) is 72.3 cm³/mol. The maximum atomic E-state index is 13.4. The first kappa shape index (κ1) is 12.8. The van der Waals surface area contributed by atoms with E-state index in [2.05, 4.69) is 10.3 Å². The molecule has 2 aromatic rings. The number of hydrogen-bond acceptors (Lipinski definition) is 3. The molecule has 0 atom stereocenters. The van der Waals surface area contributed by atoms with E-state index in [1.165, 1.54) is 25.0 Å². The molecule has 1 N–H and O–H groups in total. The maximum absolute atomic E-state index is 13.4. The Bertz CT molecular complexity index is 652. The SMILES string of the molecule is N#Cc1cc(F)cc(Cn2cnc(CNC3CC3)c2)c1. The molecule has 102 valence electrons. The number of rotatable bonds is 5. The standard InChI is InChI=1S/C15H15FN4/c16-13-4-11(6-17)3-12(5-13)8-20-9-15(19-10-20)7-18-14-1-2-14/h3-5,9-10,14,18H,1-2,7-8H2. The quantitative estimate of drug-likeness (QED) is 0.906. The van der Waals surface area contributed by atoms with Gasteiger partial charge in [-0.2, -0.15) is 5.26 Å². The van der Waals surface area contributed by atoms with E-state index in [1.807, 2.05) is 16.8 Å². The summed E-state index contributed by atoms with van der Waals surface area (Å²) in [6.07, 6.45) is 6.19. The highest BCUT2D eigenvalue weighted by Gasteiger charge is 2.20. The van der Waals surface area contributed by atoms with Crippen LogP contribution in [0.5, 0.6) is 0 Å². The Labute approximate surface area is 116 Å². The third-order valence-corrected chi connectivity index (χ3v) is 3.29. The minimum absolute atomic E-state index is 0.343. The van der Waals surface area contributed by atoms with E-state index in [4.69, 9.17) is 5.26 Å². The van der Waals surface area contributed by atoms with Crippen LogP contribution in [0.2, 0.25) is 0 Å². The number of halogens is 1. The van der Waals surface area contributed by atoms with Gasteiger partial charge in [-0.15, -0.1) is 0 Å². The molecular weight excluding hydrogens is 255 g/mol. The molecule has 1 saturated carbocycles. The van der Waals surface area contributed by atoms with Crippen molar-refractivity contribution in [3.8, 4) is 6.07 Å². The third kappa shape index (κ3) is 3.22. The largest absolute Gasteiger partial charge is 0.333 e. The van der Waals surface area contributed by atoms with Gasteiger partial charge in [0.15, 0.2) is 0 Å². The molecule has 0 bridgehead atoms. The lowest BCUT2D eigenvalue weighted by Crippen LogP contribution is -2.15. The number of benzene rings is 1. The van der Waals surface area contributed by atoms with Crippen molar-refractivity contribution in [1.29, 1.82) is 5.26 Å². The van der Waals surface area contributed by atoms with Gasteiger partial charge in [0.25, 0.3) is 0 Å². The van der Waals surface area contributed by atoms with E-state index < -0.39 is 0 Å². The Morgan fingerprint density at radius 1 is 1.40 bits per heavy atom. The Kier molecular flexibility index (Phi) is 3.48. The van der Waals surface area contributed by atoms with Gasteiger partial charge in [0.2, 0.25) is 0 Å². The molecule has 5 heteroatoms. The predicted octanol–water partition coefficient (Wildman–Crippen LogP) is 2.19. The molecular formula is C15H15FN4. The number of aromatic nitrogens is 2. The van der Waals surface area contributed by atoms with Gasteiger partial charge in [-0.1, -0.05) is 0 Å². The van der Waals surface area contributed by atoms with Crippen molar-refractivity contribution in [1.82, 2.24) is 14.9 Å². The molecule has 1 fully saturated rings. The van der Waals surface area contributed by atoms with Gasteiger partial charge in [-0.3, -0.25) is 0 Å². The van der Waals surface area contributed by atoms with E-state index in [9.17, 15) is 4.39 Å². The summed E-state index contributed by atoms with van der Waals surface area (Å²) < 4.78 is 15.3. The summed E-state index contributed by atoms with van der Waals surface area (Å²) in [5, 5.41) is 12.2. The number of nitriles is 1. The first-order valence-electron chi connectivity index (χ1n) is 6.66. The van der Waals surface area contributed by atoms with Crippen LogP contribution in [0.3, 0.4) is 0 Å². The van der Waals surface area contributed by atoms with Gasteiger partial charge in [-0.05, 0) is 36.6 Å². The summed E-state index contributed by atoms with van der Waals surface area (Å²) in [6.45, 7) is 1.28. The van der Waals surface area contributed by atoms with Crippen molar-refractivity contribution < 1.29 is 4.39 Å². The van der Waals surface area contributed by atoms with Crippen molar-refractivity contribution in [3.63, 3.8) is 0 Å². The second kappa shape index (κ2) is 5.43. The third-order valence-electron chi connectivity index (χ3n) is 3.29. The van der Waals surface area contributed by atoms with Crippen LogP contribution in [0.25, 0.3) is 0 Å². The topological polar surface area (TPSA) is 53.6 Å². The smallest absolute Gasteiger partial charge is 0.124 e. The van der Waals surface area contributed by atoms with Crippen LogP contribution < -0.4 is 5.32 Å². The monoisotopic (exact) mass is 270 g/mol. The molecule has 1 aromatic carbocycles. The highest BCUT2D eigenvalue weighted by Crippen LogP contribution is 2.19. The lowest BCUT2D eigenvalue weighted by Gasteiger charge is -2.03. The second-order valence-electron chi connectivity index (χ2n) is 5.15. The molecule has 1 aliphatic carbocycles. The fraction of sp³-hybridized carbons (Fsp3) is 0.333. The Balaban J connectivity index is 1.67. The minimum atomic E-state index is -0.380. The zero-order chi connectivity index (χ0) is 13.9. The van der Waals surface area contributed by atoms with E-state index in [0.29, 0.717) is 18.2 Å². The summed E-state index contributed by atoms with van der Waals surface area (Å²) >= 11 is 0. The average Bonchev–Trinajstić information content (AvgIpc) is 3.16. The summed E-state index contributed by atoms with van der Waals surface area (Å²) in [4.78, 5) is 4.32. The van der Waals surface area contributed by atoms with Crippen molar-refractivity contribution in [2.24, 2.45) is 0 Å². The van der Waals surface area contributed by atoms with Crippen LogP contribution in [0.4, 0.5) is 4.39 Å². The summed E-state index contributed by atoms with van der Waals surface area (Å²) in [7, 11) is 0. The zero-order valence-corrected chi connectivity index (χ0v) is 11.0. The summed E-state index contributed by atoms with van der Waals surface area (Å²) in [5.41, 5.74) is 2.09. The van der Waals surface area contributed by atoms with Gasteiger partial charge < -0.3 is 9.88 Å². The zero-order valence-electron chi connectivity index (χ0n) is 11.0. The Morgan fingerprint density at radius 3 is 3.00 bits per heavy atom. The van der Waals surface area contributed by atoms with Crippen molar-refractivity contribution >= 4 is 0 Å². The normalized spacial score (nSPS) is 14.2. The van der Waals surface area contributed by atoms with E-state index in [0.717, 1.165) is 17.8 Å². The average molecular weight is 270 g/mol. The molecule has 0 unspecified atom stereocenters. The number of nitrogens with zero attached hydrogens (tertiary/aromatic N) is 3. The van der Waals surface area contributed by atoms with Gasteiger partial charge in [-0.25, -0.2) is 9.37 Å². The van der Waals surface area contributed by atoms with Crippen LogP contribution in [-0.4, -0.2) is 15.6 Å². The molecule has 0 saturated heterocycles. The first-order chi connectivity index (χ1) is 9.72. The molecule has 4 nitrogen and oxygen atoms in total. The molecule has 0 spiro atoms. The fourth-order valence-electron chi connectivity index (χ4n) is 2.14. The van der Waals surface area contributed by atoms with Gasteiger partial charge in [0.05, 0.1) is 23.7 Å². The number of imidazole rings is 1. The highest BCUT2D eigenvalue weighted by molar-refractivity contribution is 5.33. The van der Waals surface area contributed by atoms with E-state index >= 15 is 0 Å². The van der Waals surface area contributed by atoms with Gasteiger partial charge in [0.1, 0.15) is 5.82 Å². The minimum Gasteiger partial charge on any atom is -0.333 e. The van der Waals surface area contributed by atoms with Crippen LogP contribution in [0.1, 0.15) is 29.7 Å². The molecule has 1 heterocycles. The van der Waals surface area contributed by atoms with Crippen molar-refractivity contribution in [2.75, 3.05) is 0 Å². The first-order valence-corrected chi connectivity index (χ1v) is 6.66. The van der Waals surface area contributed by atoms with Gasteiger partial charge in [0, 0.05) is 25.3 Å². The lowest BCUT2D eigenvalue weighted by atomic mass is 10.1. The molecule has 20 heavy (non-hydrogen) atoms. The van der Waals surface area contributed by atoms with Crippen LogP contribution in [0, 0.1) is 17.1 Å². The molecule has 1 aliphatic rings.